The average Bonchev–Trinajstić information content (AvgIpc) is 2.92. The normalized spacial score (nSPS) is 12.4. The van der Waals surface area contributed by atoms with Crippen LogP contribution in [0.5, 0.6) is 0 Å². The van der Waals surface area contributed by atoms with Crippen LogP contribution in [0.3, 0.4) is 0 Å². The summed E-state index contributed by atoms with van der Waals surface area (Å²) in [6.45, 7) is 6.86. The summed E-state index contributed by atoms with van der Waals surface area (Å²) in [5.41, 5.74) is 4.69. The summed E-state index contributed by atoms with van der Waals surface area (Å²) in [5, 5.41) is 0. The number of rotatable bonds is 32. The van der Waals surface area contributed by atoms with Gasteiger partial charge in [0.25, 0.3) is 0 Å². The maximum Gasteiger partial charge on any atom is 0.199 e. The molecule has 0 N–H and O–H groups in total. The third-order valence-electron chi connectivity index (χ3n) is 8.34. The van der Waals surface area contributed by atoms with Crippen LogP contribution in [0.2, 0.25) is 6.55 Å². The van der Waals surface area contributed by atoms with Gasteiger partial charge in [0.15, 0.2) is 7.38 Å². The first-order chi connectivity index (χ1) is 19.1. The number of halogens is 1. The Balaban J connectivity index is 3.42. The Labute approximate surface area is 254 Å². The zero-order valence-corrected chi connectivity index (χ0v) is 29.2. The second kappa shape index (κ2) is 32.5. The molecule has 0 aliphatic carbocycles. The van der Waals surface area contributed by atoms with Crippen molar-refractivity contribution in [3.8, 4) is 0 Å². The summed E-state index contributed by atoms with van der Waals surface area (Å²) in [4.78, 5) is 0. The van der Waals surface area contributed by atoms with E-state index in [-0.39, 0.29) is 0 Å². The van der Waals surface area contributed by atoms with E-state index in [1.54, 1.807) is 0 Å². The minimum atomic E-state index is -1.81. The van der Waals surface area contributed by atoms with Crippen molar-refractivity contribution in [1.82, 2.24) is 0 Å². The summed E-state index contributed by atoms with van der Waals surface area (Å²) in [6.07, 6.45) is 47.2. The molecule has 0 aliphatic heterocycles. The topological polar surface area (TPSA) is 0 Å². The maximum absolute atomic E-state index is 6.83. The highest BCUT2D eigenvalue weighted by atomic mass is 35.6. The molecule has 0 radical (unpaired) electrons. The molecule has 0 aliphatic rings. The second-order valence-electron chi connectivity index (χ2n) is 12.7. The van der Waals surface area contributed by atoms with Crippen LogP contribution in [0.1, 0.15) is 206 Å². The van der Waals surface area contributed by atoms with Crippen molar-refractivity contribution in [2.45, 2.75) is 213 Å². The van der Waals surface area contributed by atoms with Crippen molar-refractivity contribution in [3.05, 3.63) is 23.6 Å². The van der Waals surface area contributed by atoms with Gasteiger partial charge in [-0.15, -0.1) is 0 Å². The summed E-state index contributed by atoms with van der Waals surface area (Å²) < 4.78 is 0. The van der Waals surface area contributed by atoms with Gasteiger partial charge < -0.3 is 0 Å². The van der Waals surface area contributed by atoms with Gasteiger partial charge in [-0.3, -0.25) is 0 Å². The number of allylic oxidation sites excluding steroid dienone is 2. The van der Waals surface area contributed by atoms with Crippen LogP contribution in [-0.2, 0) is 0 Å². The van der Waals surface area contributed by atoms with Crippen LogP contribution in [0.4, 0.5) is 0 Å². The van der Waals surface area contributed by atoms with Crippen molar-refractivity contribution >= 4 is 18.5 Å². The standard InChI is InChI=1S/C37H73ClSi/c1-4-6-8-10-12-14-16-18-20-22-24-26-28-30-32-34-36-39(3,38)37-35-33-31-29-27-25-23-21-19-17-15-13-11-9-7-5-2/h34-37H,4-33H2,1-3H3/b36-34+,37-35+. The number of unbranched alkanes of at least 4 members (excludes halogenated alkanes) is 28. The molecule has 232 valence electrons. The number of hydrogen-bond acceptors (Lipinski definition) is 0. The summed E-state index contributed by atoms with van der Waals surface area (Å²) in [6, 6.07) is 0. The highest BCUT2D eigenvalue weighted by molar-refractivity contribution is 7.25. The largest absolute Gasteiger partial charge is 0.199 e. The van der Waals surface area contributed by atoms with E-state index >= 15 is 0 Å². The molecule has 0 aromatic heterocycles. The van der Waals surface area contributed by atoms with Gasteiger partial charge in [-0.05, 0) is 32.2 Å². The van der Waals surface area contributed by atoms with Gasteiger partial charge in [-0.1, -0.05) is 204 Å². The second-order valence-corrected chi connectivity index (χ2v) is 18.1. The zero-order chi connectivity index (χ0) is 28.5. The van der Waals surface area contributed by atoms with Gasteiger partial charge in [-0.2, -0.15) is 11.1 Å². The van der Waals surface area contributed by atoms with Gasteiger partial charge in [-0.25, -0.2) is 0 Å². The van der Waals surface area contributed by atoms with Crippen LogP contribution in [0, 0.1) is 0 Å². The molecule has 0 aromatic rings. The smallest absolute Gasteiger partial charge is 0.156 e. The van der Waals surface area contributed by atoms with E-state index in [1.807, 2.05) is 0 Å². The molecule has 0 nitrogen and oxygen atoms in total. The fraction of sp³-hybridized carbons (Fsp3) is 0.892. The van der Waals surface area contributed by atoms with Crippen molar-refractivity contribution in [3.63, 3.8) is 0 Å². The van der Waals surface area contributed by atoms with E-state index in [0.717, 1.165) is 0 Å². The summed E-state index contributed by atoms with van der Waals surface area (Å²) >= 11 is 6.83. The number of hydrogen-bond donors (Lipinski definition) is 0. The molecule has 0 saturated carbocycles. The molecule has 0 rings (SSSR count). The molecule has 39 heavy (non-hydrogen) atoms. The third kappa shape index (κ3) is 34.1. The van der Waals surface area contributed by atoms with E-state index in [9.17, 15) is 0 Å². The molecule has 0 unspecified atom stereocenters. The molecule has 2 heteroatoms. The lowest BCUT2D eigenvalue weighted by atomic mass is 10.0. The molecule has 0 fully saturated rings. The first-order valence-electron chi connectivity index (χ1n) is 18.2. The molecule has 0 amide bonds. The van der Waals surface area contributed by atoms with Gasteiger partial charge >= 0.3 is 0 Å². The van der Waals surface area contributed by atoms with Crippen LogP contribution in [-0.4, -0.2) is 7.38 Å². The lowest BCUT2D eigenvalue weighted by molar-refractivity contribution is 0.536. The minimum absolute atomic E-state index is 1.21. The van der Waals surface area contributed by atoms with Gasteiger partial charge in [0.1, 0.15) is 0 Å². The Bertz CT molecular complexity index is 466. The van der Waals surface area contributed by atoms with Crippen molar-refractivity contribution in [2.24, 2.45) is 0 Å². The van der Waals surface area contributed by atoms with Gasteiger partial charge in [0, 0.05) is 0 Å². The van der Waals surface area contributed by atoms with E-state index in [2.05, 4.69) is 43.9 Å². The lowest BCUT2D eigenvalue weighted by Crippen LogP contribution is -2.15. The van der Waals surface area contributed by atoms with Crippen LogP contribution in [0.15, 0.2) is 23.6 Å². The zero-order valence-electron chi connectivity index (χ0n) is 27.4. The maximum atomic E-state index is 6.83. The monoisotopic (exact) mass is 581 g/mol. The van der Waals surface area contributed by atoms with Gasteiger partial charge in [0.05, 0.1) is 0 Å². The summed E-state index contributed by atoms with van der Waals surface area (Å²) in [7, 11) is -1.81. The molecule has 0 aromatic carbocycles. The van der Waals surface area contributed by atoms with Crippen molar-refractivity contribution < 1.29 is 0 Å². The molecule has 0 atom stereocenters. The highest BCUT2D eigenvalue weighted by Gasteiger charge is 2.15. The lowest BCUT2D eigenvalue weighted by Gasteiger charge is -2.08. The van der Waals surface area contributed by atoms with E-state index < -0.39 is 7.38 Å². The molecule has 0 saturated heterocycles. The Morgan fingerprint density at radius 1 is 0.359 bits per heavy atom. The summed E-state index contributed by atoms with van der Waals surface area (Å²) in [5.74, 6) is 0. The van der Waals surface area contributed by atoms with Gasteiger partial charge in [0.2, 0.25) is 0 Å². The Kier molecular flexibility index (Phi) is 32.5. The van der Waals surface area contributed by atoms with Crippen molar-refractivity contribution in [2.75, 3.05) is 0 Å². The molecule has 0 spiro atoms. The quantitative estimate of drug-likeness (QED) is 0.0421. The Morgan fingerprint density at radius 2 is 0.564 bits per heavy atom. The SMILES string of the molecule is CCCCCCCCCCCCCCCC/C=C/[Si](C)(Cl)/C=C/CCCCCCCCCCCCCCCC. The predicted molar refractivity (Wildman–Crippen MR) is 186 cm³/mol. The average molecular weight is 582 g/mol. The van der Waals surface area contributed by atoms with Crippen molar-refractivity contribution in [1.29, 1.82) is 0 Å². The van der Waals surface area contributed by atoms with E-state index in [0.29, 0.717) is 0 Å². The molecule has 0 bridgehead atoms. The highest BCUT2D eigenvalue weighted by Crippen LogP contribution is 2.17. The van der Waals surface area contributed by atoms with Crippen LogP contribution in [0.25, 0.3) is 0 Å². The van der Waals surface area contributed by atoms with E-state index in [1.165, 1.54) is 193 Å². The third-order valence-corrected chi connectivity index (χ3v) is 10.9. The van der Waals surface area contributed by atoms with Crippen LogP contribution < -0.4 is 0 Å². The molecule has 0 heterocycles. The predicted octanol–water partition coefficient (Wildman–Crippen LogP) is 14.7. The Morgan fingerprint density at radius 3 is 0.795 bits per heavy atom. The fourth-order valence-corrected chi connectivity index (χ4v) is 7.50. The minimum Gasteiger partial charge on any atom is -0.156 e. The first kappa shape index (κ1) is 39.0. The Hall–Kier alpha value is -0.0131. The van der Waals surface area contributed by atoms with E-state index in [4.69, 9.17) is 11.1 Å². The van der Waals surface area contributed by atoms with Crippen LogP contribution >= 0.6 is 11.1 Å². The molecular formula is C37H73ClSi. The fourth-order valence-electron chi connectivity index (χ4n) is 5.60. The first-order valence-corrected chi connectivity index (χ1v) is 21.8. The molecular weight excluding hydrogens is 508 g/mol.